The Morgan fingerprint density at radius 3 is 2.85 bits per heavy atom. The van der Waals surface area contributed by atoms with E-state index >= 15 is 0 Å². The summed E-state index contributed by atoms with van der Waals surface area (Å²) in [5, 5.41) is 1.23. The summed E-state index contributed by atoms with van der Waals surface area (Å²) in [4.78, 5) is 36.1. The number of hydrogen-bond acceptors (Lipinski definition) is 6. The number of nitrogens with one attached hydrogen (secondary N) is 1. The number of aryl methyl sites for hydroxylation is 1. The highest BCUT2D eigenvalue weighted by molar-refractivity contribution is 7.99. The van der Waals surface area contributed by atoms with Crippen LogP contribution in [0, 0.1) is 12.8 Å². The van der Waals surface area contributed by atoms with Crippen molar-refractivity contribution in [3.8, 4) is 0 Å². The van der Waals surface area contributed by atoms with Gasteiger partial charge in [-0.25, -0.2) is 4.98 Å². The molecule has 1 aliphatic heterocycles. The van der Waals surface area contributed by atoms with E-state index in [2.05, 4.69) is 30.7 Å². The van der Waals surface area contributed by atoms with E-state index in [4.69, 9.17) is 4.74 Å². The van der Waals surface area contributed by atoms with E-state index in [-0.39, 0.29) is 17.2 Å². The largest absolute Gasteiger partial charge is 0.378 e. The number of rotatable bonds is 6. The molecule has 1 unspecified atom stereocenters. The van der Waals surface area contributed by atoms with Gasteiger partial charge < -0.3 is 14.6 Å². The van der Waals surface area contributed by atoms with Gasteiger partial charge in [-0.05, 0) is 24.8 Å². The third-order valence-corrected chi connectivity index (χ3v) is 6.69. The topological polar surface area (TPSA) is 75.3 Å². The van der Waals surface area contributed by atoms with Gasteiger partial charge in [-0.15, -0.1) is 11.3 Å². The number of fused-ring (bicyclic) bond motifs is 1. The van der Waals surface area contributed by atoms with Gasteiger partial charge in [-0.3, -0.25) is 9.59 Å². The lowest BCUT2D eigenvalue weighted by Gasteiger charge is -2.26. The second-order valence-corrected chi connectivity index (χ2v) is 8.85. The van der Waals surface area contributed by atoms with Crippen molar-refractivity contribution in [3.05, 3.63) is 20.8 Å². The molecule has 1 atom stereocenters. The van der Waals surface area contributed by atoms with Crippen LogP contribution in [0.3, 0.4) is 0 Å². The second-order valence-electron chi connectivity index (χ2n) is 6.69. The first-order valence-corrected chi connectivity index (χ1v) is 10.8. The highest BCUT2D eigenvalue weighted by Crippen LogP contribution is 2.30. The number of ether oxygens (including phenoxy) is 1. The summed E-state index contributed by atoms with van der Waals surface area (Å²) >= 11 is 2.86. The smallest absolute Gasteiger partial charge is 0.260 e. The van der Waals surface area contributed by atoms with Crippen molar-refractivity contribution in [1.82, 2.24) is 14.9 Å². The van der Waals surface area contributed by atoms with Crippen LogP contribution in [0.1, 0.15) is 30.7 Å². The van der Waals surface area contributed by atoms with Crippen molar-refractivity contribution < 1.29 is 9.53 Å². The SMILES string of the molecule is CCC(C)Cc1c(C)sc2nc(SCC(=O)N3CCOCC3)[nH]c(=O)c12. The van der Waals surface area contributed by atoms with Gasteiger partial charge >= 0.3 is 0 Å². The third-order valence-electron chi connectivity index (χ3n) is 4.79. The minimum atomic E-state index is -0.0982. The maximum Gasteiger partial charge on any atom is 0.260 e. The van der Waals surface area contributed by atoms with E-state index in [0.29, 0.717) is 37.4 Å². The minimum absolute atomic E-state index is 0.0564. The Labute approximate surface area is 161 Å². The summed E-state index contributed by atoms with van der Waals surface area (Å²) in [6, 6.07) is 0. The van der Waals surface area contributed by atoms with E-state index in [9.17, 15) is 9.59 Å². The van der Waals surface area contributed by atoms with Gasteiger partial charge in [0, 0.05) is 18.0 Å². The average Bonchev–Trinajstić information content (AvgIpc) is 2.96. The molecule has 0 aromatic carbocycles. The fourth-order valence-electron chi connectivity index (χ4n) is 3.00. The maximum absolute atomic E-state index is 12.6. The molecule has 6 nitrogen and oxygen atoms in total. The predicted octanol–water partition coefficient (Wildman–Crippen LogP) is 2.83. The van der Waals surface area contributed by atoms with Crippen molar-refractivity contribution in [2.45, 2.75) is 38.8 Å². The molecule has 2 aromatic rings. The van der Waals surface area contributed by atoms with Crippen molar-refractivity contribution in [2.75, 3.05) is 32.1 Å². The molecule has 0 bridgehead atoms. The normalized spacial score (nSPS) is 16.2. The lowest BCUT2D eigenvalue weighted by atomic mass is 9.98. The highest BCUT2D eigenvalue weighted by Gasteiger charge is 2.19. The Hall–Kier alpha value is -1.38. The second kappa shape index (κ2) is 8.54. The monoisotopic (exact) mass is 395 g/mol. The fraction of sp³-hybridized carbons (Fsp3) is 0.611. The van der Waals surface area contributed by atoms with Gasteiger partial charge in [0.2, 0.25) is 5.91 Å². The Kier molecular flexibility index (Phi) is 6.37. The fourth-order valence-corrected chi connectivity index (χ4v) is 4.87. The molecule has 0 radical (unpaired) electrons. The molecular formula is C18H25N3O3S2. The number of hydrogen-bond donors (Lipinski definition) is 1. The lowest BCUT2D eigenvalue weighted by molar-refractivity contribution is -0.132. The predicted molar refractivity (Wildman–Crippen MR) is 106 cm³/mol. The first kappa shape index (κ1) is 19.4. The highest BCUT2D eigenvalue weighted by atomic mass is 32.2. The van der Waals surface area contributed by atoms with Gasteiger partial charge in [0.15, 0.2) is 5.16 Å². The molecule has 2 aromatic heterocycles. The Morgan fingerprint density at radius 1 is 1.42 bits per heavy atom. The summed E-state index contributed by atoms with van der Waals surface area (Å²) < 4.78 is 5.27. The molecule has 1 saturated heterocycles. The van der Waals surface area contributed by atoms with Gasteiger partial charge in [-0.2, -0.15) is 0 Å². The molecule has 142 valence electrons. The number of morpholine rings is 1. The molecule has 0 saturated carbocycles. The summed E-state index contributed by atoms with van der Waals surface area (Å²) in [5.41, 5.74) is 1.02. The molecule has 8 heteroatoms. The molecular weight excluding hydrogens is 370 g/mol. The number of thioether (sulfide) groups is 1. The number of H-pyrrole nitrogens is 1. The van der Waals surface area contributed by atoms with E-state index < -0.39 is 0 Å². The lowest BCUT2D eigenvalue weighted by Crippen LogP contribution is -2.41. The van der Waals surface area contributed by atoms with Crippen LogP contribution in [0.5, 0.6) is 0 Å². The van der Waals surface area contributed by atoms with Gasteiger partial charge in [0.1, 0.15) is 4.83 Å². The number of nitrogens with zero attached hydrogens (tertiary/aromatic N) is 2. The van der Waals surface area contributed by atoms with Crippen molar-refractivity contribution in [3.63, 3.8) is 0 Å². The van der Waals surface area contributed by atoms with E-state index in [1.54, 1.807) is 16.2 Å². The van der Waals surface area contributed by atoms with Crippen molar-refractivity contribution >= 4 is 39.2 Å². The molecule has 26 heavy (non-hydrogen) atoms. The standard InChI is InChI=1S/C18H25N3O3S2/c1-4-11(2)9-13-12(3)26-17-15(13)16(23)19-18(20-17)25-10-14(22)21-5-7-24-8-6-21/h11H,4-10H2,1-3H3,(H,19,20,23). The molecule has 3 rings (SSSR count). The summed E-state index contributed by atoms with van der Waals surface area (Å²) in [5.74, 6) is 0.866. The van der Waals surface area contributed by atoms with Gasteiger partial charge in [-0.1, -0.05) is 32.0 Å². The maximum atomic E-state index is 12.6. The molecule has 3 heterocycles. The zero-order valence-corrected chi connectivity index (χ0v) is 17.1. The van der Waals surface area contributed by atoms with Crippen LogP contribution in [0.2, 0.25) is 0 Å². The van der Waals surface area contributed by atoms with Crippen molar-refractivity contribution in [1.29, 1.82) is 0 Å². The molecule has 1 aliphatic rings. The number of carbonyl (C=O) groups excluding carboxylic acids is 1. The average molecular weight is 396 g/mol. The van der Waals surface area contributed by atoms with Crippen LogP contribution < -0.4 is 5.56 Å². The number of amides is 1. The molecule has 0 spiro atoms. The minimum Gasteiger partial charge on any atom is -0.378 e. The first-order chi connectivity index (χ1) is 12.5. The molecule has 0 aliphatic carbocycles. The van der Waals surface area contributed by atoms with E-state index in [1.807, 2.05) is 0 Å². The third kappa shape index (κ3) is 4.29. The van der Waals surface area contributed by atoms with Crippen LogP contribution in [0.15, 0.2) is 9.95 Å². The first-order valence-electron chi connectivity index (χ1n) is 9.00. The van der Waals surface area contributed by atoms with E-state index in [0.717, 1.165) is 33.5 Å². The number of aromatic nitrogens is 2. The molecule has 1 N–H and O–H groups in total. The number of carbonyl (C=O) groups is 1. The zero-order valence-electron chi connectivity index (χ0n) is 15.5. The van der Waals surface area contributed by atoms with Gasteiger partial charge in [0.25, 0.3) is 5.56 Å². The Bertz CT molecular complexity index is 840. The van der Waals surface area contributed by atoms with Gasteiger partial charge in [0.05, 0.1) is 24.4 Å². The molecule has 1 amide bonds. The van der Waals surface area contributed by atoms with Crippen LogP contribution in [-0.4, -0.2) is 52.8 Å². The Balaban J connectivity index is 1.76. The van der Waals surface area contributed by atoms with E-state index in [1.165, 1.54) is 11.8 Å². The van der Waals surface area contributed by atoms with Crippen LogP contribution in [-0.2, 0) is 16.0 Å². The number of thiophene rings is 1. The number of aromatic amines is 1. The van der Waals surface area contributed by atoms with Crippen LogP contribution in [0.25, 0.3) is 10.2 Å². The summed E-state index contributed by atoms with van der Waals surface area (Å²) in [7, 11) is 0. The summed E-state index contributed by atoms with van der Waals surface area (Å²) in [6.45, 7) is 8.86. The van der Waals surface area contributed by atoms with Crippen molar-refractivity contribution in [2.24, 2.45) is 5.92 Å². The van der Waals surface area contributed by atoms with Crippen LogP contribution >= 0.6 is 23.1 Å². The zero-order chi connectivity index (χ0) is 18.7. The quantitative estimate of drug-likeness (QED) is 0.601. The molecule has 1 fully saturated rings. The van der Waals surface area contributed by atoms with Crippen LogP contribution in [0.4, 0.5) is 0 Å². The Morgan fingerprint density at radius 2 is 2.15 bits per heavy atom. The summed E-state index contributed by atoms with van der Waals surface area (Å²) in [6.07, 6.45) is 1.98.